The van der Waals surface area contributed by atoms with Crippen LogP contribution in [-0.2, 0) is 17.7 Å². The van der Waals surface area contributed by atoms with Crippen LogP contribution in [0.15, 0.2) is 0 Å². The zero-order valence-electron chi connectivity index (χ0n) is 5.16. The maximum absolute atomic E-state index is 9.62. The van der Waals surface area contributed by atoms with Crippen LogP contribution in [0, 0.1) is 0 Å². The van der Waals surface area contributed by atoms with Crippen LogP contribution in [0.1, 0.15) is 2.85 Å². The van der Waals surface area contributed by atoms with E-state index in [0.29, 0.717) is 12.3 Å². The first-order valence-corrected chi connectivity index (χ1v) is 3.00. The van der Waals surface area contributed by atoms with E-state index < -0.39 is 10.4 Å². The van der Waals surface area contributed by atoms with E-state index in [0.717, 1.165) is 0 Å². The molecule has 0 aromatic heterocycles. The minimum absolute atomic E-state index is 0. The van der Waals surface area contributed by atoms with Gasteiger partial charge in [-0.2, -0.15) is 8.42 Å². The van der Waals surface area contributed by atoms with E-state index in [2.05, 4.69) is 7.26 Å². The van der Waals surface area contributed by atoms with Gasteiger partial charge in [-0.05, 0) is 0 Å². The van der Waals surface area contributed by atoms with Crippen LogP contribution < -0.4 is 0 Å². The molecule has 1 aliphatic heterocycles. The molecule has 0 radical (unpaired) electrons. The van der Waals surface area contributed by atoms with E-state index in [1.54, 1.807) is 0 Å². The zero-order chi connectivity index (χ0) is 4.62. The SMILES string of the molecule is O=S1(=O)OSO1.[Ba+2].[H-].[H-]. The van der Waals surface area contributed by atoms with Gasteiger partial charge in [-0.3, -0.25) is 0 Å². The Hall–Kier alpha value is 1.79. The van der Waals surface area contributed by atoms with Crippen LogP contribution in [0.4, 0.5) is 0 Å². The van der Waals surface area contributed by atoms with Gasteiger partial charge in [-0.1, -0.05) is 0 Å². The second-order valence-corrected chi connectivity index (χ2v) is 2.65. The van der Waals surface area contributed by atoms with Crippen molar-refractivity contribution in [2.24, 2.45) is 0 Å². The summed E-state index contributed by atoms with van der Waals surface area (Å²) < 4.78 is 26.8. The fourth-order valence-corrected chi connectivity index (χ4v) is 0.658. The van der Waals surface area contributed by atoms with Gasteiger partial charge in [0.1, 0.15) is 0 Å². The summed E-state index contributed by atoms with van der Waals surface area (Å²) in [5.41, 5.74) is 0. The molecule has 0 spiro atoms. The minimum Gasteiger partial charge on any atom is -1.00 e. The van der Waals surface area contributed by atoms with Gasteiger partial charge in [0, 0.05) is 0 Å². The Morgan fingerprint density at radius 3 is 1.71 bits per heavy atom. The first-order valence-electron chi connectivity index (χ1n) is 1.00. The Bertz CT molecular complexity index is 131. The summed E-state index contributed by atoms with van der Waals surface area (Å²) in [6, 6.07) is 0. The van der Waals surface area contributed by atoms with Gasteiger partial charge in [-0.25, -0.2) is 0 Å². The van der Waals surface area contributed by atoms with Crippen molar-refractivity contribution >= 4 is 71.6 Å². The van der Waals surface area contributed by atoms with E-state index >= 15 is 0 Å². The van der Waals surface area contributed by atoms with Gasteiger partial charge in [0.05, 0.1) is 0 Å². The van der Waals surface area contributed by atoms with Gasteiger partial charge < -0.3 is 2.85 Å². The van der Waals surface area contributed by atoms with Crippen molar-refractivity contribution < 1.29 is 18.5 Å². The third-order valence-electron chi connectivity index (χ3n) is 0.222. The van der Waals surface area contributed by atoms with Crippen LogP contribution in [-0.4, -0.2) is 57.3 Å². The van der Waals surface area contributed by atoms with Crippen molar-refractivity contribution in [3.63, 3.8) is 0 Å². The number of hydrogen-bond donors (Lipinski definition) is 0. The van der Waals surface area contributed by atoms with E-state index in [1.807, 2.05) is 0 Å². The molecule has 0 aromatic carbocycles. The second-order valence-electron chi connectivity index (χ2n) is 0.612. The van der Waals surface area contributed by atoms with Gasteiger partial charge >= 0.3 is 59.3 Å². The predicted molar refractivity (Wildman–Crippen MR) is 26.7 cm³/mol. The molecule has 0 saturated carbocycles. The molecule has 0 aromatic rings. The molecule has 0 unspecified atom stereocenters. The first kappa shape index (κ1) is 8.79. The second kappa shape index (κ2) is 3.09. The van der Waals surface area contributed by atoms with Gasteiger partial charge in [0.15, 0.2) is 12.3 Å². The average molecular weight is 267 g/mol. The standard InChI is InChI=1S/Ba.O4S2.2H/c;1-6(2)3-5-4-6;;/q+2;;2*-1. The van der Waals surface area contributed by atoms with Crippen LogP contribution >= 0.6 is 12.3 Å². The monoisotopic (exact) mass is 268 g/mol. The first-order chi connectivity index (χ1) is 2.71. The molecular weight excluding hydrogens is 265 g/mol. The summed E-state index contributed by atoms with van der Waals surface area (Å²) in [6.45, 7) is 0. The minimum atomic E-state index is -3.52. The molecule has 1 saturated heterocycles. The quantitative estimate of drug-likeness (QED) is 0.445. The Labute approximate surface area is 88.7 Å². The predicted octanol–water partition coefficient (Wildman–Crippen LogP) is -0.315. The van der Waals surface area contributed by atoms with Crippen molar-refractivity contribution in [3.8, 4) is 0 Å². The summed E-state index contributed by atoms with van der Waals surface area (Å²) in [6.07, 6.45) is 0. The third-order valence-corrected chi connectivity index (χ3v) is 2.00. The molecule has 0 amide bonds. The van der Waals surface area contributed by atoms with Crippen LogP contribution in [0.25, 0.3) is 0 Å². The Kier molecular flexibility index (Phi) is 3.88. The summed E-state index contributed by atoms with van der Waals surface area (Å²) in [5.74, 6) is 0. The third kappa shape index (κ3) is 2.73. The Balaban J connectivity index is -0.000000120. The van der Waals surface area contributed by atoms with Crippen molar-refractivity contribution in [3.05, 3.63) is 0 Å². The molecule has 1 aliphatic rings. The topological polar surface area (TPSA) is 52.6 Å². The fourth-order valence-electron chi connectivity index (χ4n) is 0.0731. The average Bonchev–Trinajstić information content (AvgIpc) is 1.32. The molecule has 1 fully saturated rings. The van der Waals surface area contributed by atoms with Crippen molar-refractivity contribution in [1.82, 2.24) is 0 Å². The zero-order valence-corrected chi connectivity index (χ0v) is 9.23. The van der Waals surface area contributed by atoms with Crippen molar-refractivity contribution in [2.75, 3.05) is 0 Å². The smallest absolute Gasteiger partial charge is 1.00 e. The molecular formula is H2BaO4S2. The molecule has 0 aliphatic carbocycles. The summed E-state index contributed by atoms with van der Waals surface area (Å²) in [7, 11) is -3.52. The van der Waals surface area contributed by atoms with Crippen molar-refractivity contribution in [2.45, 2.75) is 0 Å². The van der Waals surface area contributed by atoms with E-state index in [9.17, 15) is 8.42 Å². The van der Waals surface area contributed by atoms with E-state index in [-0.39, 0.29) is 51.7 Å². The molecule has 7 heavy (non-hydrogen) atoms. The molecule has 4 nitrogen and oxygen atoms in total. The van der Waals surface area contributed by atoms with Crippen LogP contribution in [0.2, 0.25) is 0 Å². The van der Waals surface area contributed by atoms with Crippen LogP contribution in [0.5, 0.6) is 0 Å². The van der Waals surface area contributed by atoms with E-state index in [1.165, 1.54) is 0 Å². The molecule has 40 valence electrons. The number of hydrogen-bond acceptors (Lipinski definition) is 5. The Morgan fingerprint density at radius 2 is 1.71 bits per heavy atom. The maximum Gasteiger partial charge on any atom is 2.00 e. The van der Waals surface area contributed by atoms with Crippen LogP contribution in [0.3, 0.4) is 0 Å². The maximum atomic E-state index is 9.62. The molecule has 1 rings (SSSR count). The number of rotatable bonds is 0. The normalized spacial score (nSPS) is 24.6. The molecule has 7 heteroatoms. The van der Waals surface area contributed by atoms with Crippen molar-refractivity contribution in [1.29, 1.82) is 0 Å². The molecule has 1 heterocycles. The molecule has 0 bridgehead atoms. The van der Waals surface area contributed by atoms with Gasteiger partial charge in [0.2, 0.25) is 0 Å². The summed E-state index contributed by atoms with van der Waals surface area (Å²) in [4.78, 5) is 0. The molecule has 0 atom stereocenters. The Morgan fingerprint density at radius 1 is 1.43 bits per heavy atom. The fraction of sp³-hybridized carbons (Fsp3) is 0. The largest absolute Gasteiger partial charge is 2.00 e. The summed E-state index contributed by atoms with van der Waals surface area (Å²) >= 11 is 0.456. The molecule has 0 N–H and O–H groups in total. The van der Waals surface area contributed by atoms with E-state index in [4.69, 9.17) is 0 Å². The van der Waals surface area contributed by atoms with Gasteiger partial charge in [-0.15, -0.1) is 7.26 Å². The summed E-state index contributed by atoms with van der Waals surface area (Å²) in [5, 5.41) is 0. The van der Waals surface area contributed by atoms with Gasteiger partial charge in [0.25, 0.3) is 0 Å².